The highest BCUT2D eigenvalue weighted by Gasteiger charge is 2.22. The maximum Gasteiger partial charge on any atom is 0.251 e. The predicted octanol–water partition coefficient (Wildman–Crippen LogP) is 3.24. The monoisotopic (exact) mass is 284 g/mol. The molecule has 1 amide bonds. The molecule has 0 saturated carbocycles. The zero-order chi connectivity index (χ0) is 13.9. The number of carbonyl (C=O) groups excluding carboxylic acids is 1. The molecule has 1 aliphatic heterocycles. The molecule has 1 aliphatic rings. The fourth-order valence-corrected chi connectivity index (χ4v) is 3.54. The Morgan fingerprint density at radius 1 is 1.20 bits per heavy atom. The van der Waals surface area contributed by atoms with E-state index >= 15 is 0 Å². The van der Waals surface area contributed by atoms with Crippen molar-refractivity contribution in [3.63, 3.8) is 0 Å². The van der Waals surface area contributed by atoms with Crippen LogP contribution in [0.5, 0.6) is 0 Å². The summed E-state index contributed by atoms with van der Waals surface area (Å²) >= 11 is 1.85. The quantitative estimate of drug-likeness (QED) is 0.832. The standard InChI is InChI=1S/C16H16N2OS/c17-12-5-3-4-11(10-12)16(19)18-14-8-9-20-15-7-2-1-6-13(14)15/h1-7,10,14H,8-9,17H2,(H,18,19). The number of carbonyl (C=O) groups is 1. The third kappa shape index (κ3) is 2.65. The highest BCUT2D eigenvalue weighted by atomic mass is 32.2. The van der Waals surface area contributed by atoms with Crippen molar-refractivity contribution in [1.82, 2.24) is 5.32 Å². The lowest BCUT2D eigenvalue weighted by Gasteiger charge is -2.25. The van der Waals surface area contributed by atoms with Crippen LogP contribution in [0.15, 0.2) is 53.4 Å². The third-order valence-electron chi connectivity index (χ3n) is 3.41. The van der Waals surface area contributed by atoms with Crippen LogP contribution in [0.4, 0.5) is 5.69 Å². The largest absolute Gasteiger partial charge is 0.399 e. The fraction of sp³-hybridized carbons (Fsp3) is 0.188. The number of amides is 1. The third-order valence-corrected chi connectivity index (χ3v) is 4.54. The van der Waals surface area contributed by atoms with Crippen LogP contribution >= 0.6 is 11.8 Å². The summed E-state index contributed by atoms with van der Waals surface area (Å²) in [5.41, 5.74) is 8.15. The molecule has 1 atom stereocenters. The lowest BCUT2D eigenvalue weighted by atomic mass is 10.0. The Bertz CT molecular complexity index is 642. The van der Waals surface area contributed by atoms with Crippen molar-refractivity contribution >= 4 is 23.4 Å². The molecule has 0 spiro atoms. The van der Waals surface area contributed by atoms with Gasteiger partial charge in [-0.2, -0.15) is 0 Å². The number of thioether (sulfide) groups is 1. The Balaban J connectivity index is 1.81. The number of rotatable bonds is 2. The number of nitrogen functional groups attached to an aromatic ring is 1. The summed E-state index contributed by atoms with van der Waals surface area (Å²) in [6.07, 6.45) is 0.954. The van der Waals surface area contributed by atoms with Gasteiger partial charge in [0.15, 0.2) is 0 Å². The first-order valence-electron chi connectivity index (χ1n) is 6.62. The van der Waals surface area contributed by atoms with E-state index in [0.717, 1.165) is 12.2 Å². The molecular formula is C16H16N2OS. The van der Waals surface area contributed by atoms with Gasteiger partial charge in [-0.25, -0.2) is 0 Å². The van der Waals surface area contributed by atoms with E-state index in [1.807, 2.05) is 23.9 Å². The van der Waals surface area contributed by atoms with Gasteiger partial charge in [-0.1, -0.05) is 24.3 Å². The highest BCUT2D eigenvalue weighted by Crippen LogP contribution is 2.35. The lowest BCUT2D eigenvalue weighted by Crippen LogP contribution is -2.30. The van der Waals surface area contributed by atoms with Crippen LogP contribution in [0, 0.1) is 0 Å². The van der Waals surface area contributed by atoms with E-state index in [2.05, 4.69) is 17.4 Å². The minimum Gasteiger partial charge on any atom is -0.399 e. The molecule has 0 fully saturated rings. The number of anilines is 1. The van der Waals surface area contributed by atoms with Crippen molar-refractivity contribution in [3.05, 3.63) is 59.7 Å². The van der Waals surface area contributed by atoms with E-state index in [4.69, 9.17) is 5.73 Å². The van der Waals surface area contributed by atoms with Crippen LogP contribution in [0.3, 0.4) is 0 Å². The van der Waals surface area contributed by atoms with Crippen molar-refractivity contribution in [2.75, 3.05) is 11.5 Å². The van der Waals surface area contributed by atoms with Crippen molar-refractivity contribution < 1.29 is 4.79 Å². The van der Waals surface area contributed by atoms with Gasteiger partial charge in [0, 0.05) is 21.9 Å². The average molecular weight is 284 g/mol. The van der Waals surface area contributed by atoms with Gasteiger partial charge in [-0.05, 0) is 36.2 Å². The van der Waals surface area contributed by atoms with Crippen LogP contribution < -0.4 is 11.1 Å². The second kappa shape index (κ2) is 5.59. The Morgan fingerprint density at radius 2 is 2.05 bits per heavy atom. The average Bonchev–Trinajstić information content (AvgIpc) is 2.47. The second-order valence-corrected chi connectivity index (χ2v) is 5.96. The smallest absolute Gasteiger partial charge is 0.251 e. The zero-order valence-electron chi connectivity index (χ0n) is 11.0. The normalized spacial score (nSPS) is 17.3. The Labute approximate surface area is 122 Å². The van der Waals surface area contributed by atoms with Crippen molar-refractivity contribution in [3.8, 4) is 0 Å². The predicted molar refractivity (Wildman–Crippen MR) is 82.8 cm³/mol. The van der Waals surface area contributed by atoms with Gasteiger partial charge in [0.2, 0.25) is 0 Å². The summed E-state index contributed by atoms with van der Waals surface area (Å²) in [5, 5.41) is 3.11. The molecule has 0 aromatic heterocycles. The number of hydrogen-bond donors (Lipinski definition) is 2. The number of hydrogen-bond acceptors (Lipinski definition) is 3. The van der Waals surface area contributed by atoms with Crippen molar-refractivity contribution in [2.24, 2.45) is 0 Å². The second-order valence-electron chi connectivity index (χ2n) is 4.83. The summed E-state index contributed by atoms with van der Waals surface area (Å²) in [6, 6.07) is 15.4. The summed E-state index contributed by atoms with van der Waals surface area (Å²) in [6.45, 7) is 0. The molecule has 3 N–H and O–H groups in total. The number of fused-ring (bicyclic) bond motifs is 1. The van der Waals surface area contributed by atoms with E-state index in [9.17, 15) is 4.79 Å². The molecule has 2 aromatic carbocycles. The number of nitrogens with two attached hydrogens (primary N) is 1. The van der Waals surface area contributed by atoms with Gasteiger partial charge < -0.3 is 11.1 Å². The number of nitrogens with one attached hydrogen (secondary N) is 1. The molecular weight excluding hydrogens is 268 g/mol. The first-order chi connectivity index (χ1) is 9.74. The van der Waals surface area contributed by atoms with Crippen molar-refractivity contribution in [2.45, 2.75) is 17.4 Å². The van der Waals surface area contributed by atoms with Crippen LogP contribution in [0.25, 0.3) is 0 Å². The molecule has 20 heavy (non-hydrogen) atoms. The molecule has 0 bridgehead atoms. The van der Waals surface area contributed by atoms with Gasteiger partial charge in [0.1, 0.15) is 0 Å². The van der Waals surface area contributed by atoms with E-state index in [1.54, 1.807) is 24.3 Å². The van der Waals surface area contributed by atoms with Crippen molar-refractivity contribution in [1.29, 1.82) is 0 Å². The summed E-state index contributed by atoms with van der Waals surface area (Å²) in [5.74, 6) is 0.961. The van der Waals surface area contributed by atoms with E-state index in [0.29, 0.717) is 11.3 Å². The SMILES string of the molecule is Nc1cccc(C(=O)NC2CCSc3ccccc32)c1. The van der Waals surface area contributed by atoms with Gasteiger partial charge in [-0.3, -0.25) is 4.79 Å². The lowest BCUT2D eigenvalue weighted by molar-refractivity contribution is 0.0935. The highest BCUT2D eigenvalue weighted by molar-refractivity contribution is 7.99. The Hall–Kier alpha value is -1.94. The fourth-order valence-electron chi connectivity index (χ4n) is 2.41. The van der Waals surface area contributed by atoms with Crippen LogP contribution in [-0.2, 0) is 0 Å². The molecule has 0 aliphatic carbocycles. The molecule has 102 valence electrons. The molecule has 3 rings (SSSR count). The van der Waals surface area contributed by atoms with Gasteiger partial charge in [-0.15, -0.1) is 11.8 Å². The first kappa shape index (κ1) is 13.1. The summed E-state index contributed by atoms with van der Waals surface area (Å²) in [4.78, 5) is 13.6. The molecule has 0 radical (unpaired) electrons. The summed E-state index contributed by atoms with van der Waals surface area (Å²) < 4.78 is 0. The topological polar surface area (TPSA) is 55.1 Å². The van der Waals surface area contributed by atoms with E-state index in [-0.39, 0.29) is 11.9 Å². The maximum atomic E-state index is 12.3. The summed E-state index contributed by atoms with van der Waals surface area (Å²) in [7, 11) is 0. The molecule has 0 saturated heterocycles. The minimum atomic E-state index is -0.0657. The van der Waals surface area contributed by atoms with Crippen LogP contribution in [0.2, 0.25) is 0 Å². The van der Waals surface area contributed by atoms with Gasteiger partial charge in [0.05, 0.1) is 6.04 Å². The van der Waals surface area contributed by atoms with Crippen LogP contribution in [-0.4, -0.2) is 11.7 Å². The first-order valence-corrected chi connectivity index (χ1v) is 7.61. The zero-order valence-corrected chi connectivity index (χ0v) is 11.8. The van der Waals surface area contributed by atoms with E-state index < -0.39 is 0 Å². The van der Waals surface area contributed by atoms with Gasteiger partial charge >= 0.3 is 0 Å². The minimum absolute atomic E-state index is 0.0657. The molecule has 1 heterocycles. The molecule has 1 unspecified atom stereocenters. The Morgan fingerprint density at radius 3 is 2.90 bits per heavy atom. The van der Waals surface area contributed by atoms with Gasteiger partial charge in [0.25, 0.3) is 5.91 Å². The number of benzene rings is 2. The molecule has 2 aromatic rings. The van der Waals surface area contributed by atoms with Crippen LogP contribution in [0.1, 0.15) is 28.4 Å². The van der Waals surface area contributed by atoms with E-state index in [1.165, 1.54) is 10.5 Å². The molecule has 3 nitrogen and oxygen atoms in total. The molecule has 4 heteroatoms. The maximum absolute atomic E-state index is 12.3. The Kier molecular flexibility index (Phi) is 3.65.